The Bertz CT molecular complexity index is 1150. The molecule has 0 saturated carbocycles. The quantitative estimate of drug-likeness (QED) is 0.412. The summed E-state index contributed by atoms with van der Waals surface area (Å²) in [5.41, 5.74) is 2.05. The highest BCUT2D eigenvalue weighted by Gasteiger charge is 2.29. The number of nitrogens with zero attached hydrogens (tertiary/aromatic N) is 5. The van der Waals surface area contributed by atoms with Crippen LogP contribution < -0.4 is 4.90 Å². The summed E-state index contributed by atoms with van der Waals surface area (Å²) >= 11 is 1.72. The van der Waals surface area contributed by atoms with Crippen molar-refractivity contribution in [2.45, 2.75) is 25.8 Å². The number of amides is 1. The zero-order chi connectivity index (χ0) is 22.9. The van der Waals surface area contributed by atoms with Crippen LogP contribution in [0, 0.1) is 10.1 Å². The van der Waals surface area contributed by atoms with E-state index < -0.39 is 0 Å². The van der Waals surface area contributed by atoms with Crippen molar-refractivity contribution in [2.75, 3.05) is 44.2 Å². The van der Waals surface area contributed by atoms with Crippen LogP contribution in [-0.2, 0) is 0 Å². The molecular formula is C24H27N5O3S. The van der Waals surface area contributed by atoms with Gasteiger partial charge in [0.15, 0.2) is 0 Å². The molecule has 0 N–H and O–H groups in total. The molecule has 2 aromatic carbocycles. The Morgan fingerprint density at radius 3 is 2.48 bits per heavy atom. The third-order valence-corrected chi connectivity index (χ3v) is 7.89. The minimum absolute atomic E-state index is 0.0193. The van der Waals surface area contributed by atoms with Gasteiger partial charge in [-0.1, -0.05) is 12.1 Å². The van der Waals surface area contributed by atoms with E-state index in [0.29, 0.717) is 24.3 Å². The molecule has 0 aliphatic carbocycles. The van der Waals surface area contributed by atoms with E-state index >= 15 is 0 Å². The summed E-state index contributed by atoms with van der Waals surface area (Å²) in [5, 5.41) is 12.8. The van der Waals surface area contributed by atoms with Gasteiger partial charge in [0.1, 0.15) is 10.7 Å². The summed E-state index contributed by atoms with van der Waals surface area (Å²) in [6.45, 7) is 6.49. The van der Waals surface area contributed by atoms with Crippen LogP contribution >= 0.6 is 11.3 Å². The number of nitro groups is 1. The molecule has 0 spiro atoms. The van der Waals surface area contributed by atoms with Gasteiger partial charge in [0.05, 0.1) is 21.2 Å². The molecule has 8 nitrogen and oxygen atoms in total. The minimum atomic E-state index is -0.373. The number of carbonyl (C=O) groups is 1. The maximum absolute atomic E-state index is 13.1. The normalized spacial score (nSPS) is 18.1. The van der Waals surface area contributed by atoms with Gasteiger partial charge in [-0.05, 0) is 44.0 Å². The number of para-hydroxylation sites is 1. The van der Waals surface area contributed by atoms with Crippen molar-refractivity contribution >= 4 is 38.8 Å². The summed E-state index contributed by atoms with van der Waals surface area (Å²) in [7, 11) is 0. The Kier molecular flexibility index (Phi) is 5.99. The van der Waals surface area contributed by atoms with E-state index in [1.165, 1.54) is 10.8 Å². The molecule has 3 aromatic rings. The fraction of sp³-hybridized carbons (Fsp3) is 0.417. The number of thiazole rings is 1. The molecule has 1 aromatic heterocycles. The molecular weight excluding hydrogens is 438 g/mol. The van der Waals surface area contributed by atoms with Crippen LogP contribution in [0.4, 0.5) is 11.4 Å². The van der Waals surface area contributed by atoms with Gasteiger partial charge in [-0.15, -0.1) is 11.3 Å². The van der Waals surface area contributed by atoms with Gasteiger partial charge in [0.25, 0.3) is 11.6 Å². The van der Waals surface area contributed by atoms with E-state index in [0.717, 1.165) is 49.5 Å². The second-order valence-corrected chi connectivity index (χ2v) is 9.74. The van der Waals surface area contributed by atoms with Gasteiger partial charge >= 0.3 is 0 Å². The summed E-state index contributed by atoms with van der Waals surface area (Å²) in [6, 6.07) is 13.3. The number of carbonyl (C=O) groups excluding carboxylic acids is 1. The standard InChI is InChI=1S/C24H27N5O3S/c1-17(23-25-19-6-2-3-7-22(19)33-23)26-12-14-28(15-13-26)24(30)18-8-9-20(21(16-18)29(31)32)27-10-4-5-11-27/h2-3,6-9,16-17H,4-5,10-15H2,1H3/t17-/m0/s1. The molecule has 0 bridgehead atoms. The van der Waals surface area contributed by atoms with E-state index in [-0.39, 0.29) is 22.6 Å². The SMILES string of the molecule is C[C@@H](c1nc2ccccc2s1)N1CCN(C(=O)c2ccc(N3CCCC3)c([N+](=O)[O-])c2)CC1. The molecule has 3 heterocycles. The lowest BCUT2D eigenvalue weighted by Crippen LogP contribution is -2.49. The van der Waals surface area contributed by atoms with Gasteiger partial charge in [-0.25, -0.2) is 4.98 Å². The number of piperazine rings is 1. The second kappa shape index (κ2) is 9.07. The van der Waals surface area contributed by atoms with Gasteiger partial charge in [0.2, 0.25) is 0 Å². The van der Waals surface area contributed by atoms with Gasteiger partial charge in [-0.3, -0.25) is 19.8 Å². The average Bonchev–Trinajstić information content (AvgIpc) is 3.53. The van der Waals surface area contributed by atoms with Crippen molar-refractivity contribution in [1.82, 2.24) is 14.8 Å². The predicted octanol–water partition coefficient (Wildman–Crippen LogP) is 4.32. The number of hydrogen-bond donors (Lipinski definition) is 0. The van der Waals surface area contributed by atoms with E-state index in [4.69, 9.17) is 4.98 Å². The minimum Gasteiger partial charge on any atom is -0.366 e. The molecule has 0 radical (unpaired) electrons. The maximum atomic E-state index is 13.1. The molecule has 1 atom stereocenters. The number of rotatable bonds is 5. The molecule has 5 rings (SSSR count). The van der Waals surface area contributed by atoms with Crippen LogP contribution in [0.25, 0.3) is 10.2 Å². The molecule has 1 amide bonds. The maximum Gasteiger partial charge on any atom is 0.293 e. The van der Waals surface area contributed by atoms with Crippen LogP contribution in [0.1, 0.15) is 41.2 Å². The van der Waals surface area contributed by atoms with E-state index in [1.807, 2.05) is 23.1 Å². The first kappa shape index (κ1) is 21.8. The molecule has 33 heavy (non-hydrogen) atoms. The monoisotopic (exact) mass is 465 g/mol. The van der Waals surface area contributed by atoms with Crippen LogP contribution in [0.2, 0.25) is 0 Å². The number of hydrogen-bond acceptors (Lipinski definition) is 7. The van der Waals surface area contributed by atoms with Crippen molar-refractivity contribution in [3.63, 3.8) is 0 Å². The zero-order valence-corrected chi connectivity index (χ0v) is 19.5. The van der Waals surface area contributed by atoms with Crippen molar-refractivity contribution in [3.8, 4) is 0 Å². The van der Waals surface area contributed by atoms with Gasteiger partial charge in [-0.2, -0.15) is 0 Å². The molecule has 2 saturated heterocycles. The highest BCUT2D eigenvalue weighted by Crippen LogP contribution is 2.33. The van der Waals surface area contributed by atoms with E-state index in [9.17, 15) is 14.9 Å². The first-order valence-corrected chi connectivity index (χ1v) is 12.2. The Labute approximate surface area is 196 Å². The third-order valence-electron chi connectivity index (χ3n) is 6.68. The number of anilines is 1. The van der Waals surface area contributed by atoms with E-state index in [2.05, 4.69) is 17.9 Å². The molecule has 2 aliphatic rings. The number of fused-ring (bicyclic) bond motifs is 1. The number of nitro benzene ring substituents is 1. The molecule has 172 valence electrons. The first-order valence-electron chi connectivity index (χ1n) is 11.4. The third kappa shape index (κ3) is 4.30. The summed E-state index contributed by atoms with van der Waals surface area (Å²) in [4.78, 5) is 35.4. The summed E-state index contributed by atoms with van der Waals surface area (Å²) < 4.78 is 1.19. The fourth-order valence-corrected chi connectivity index (χ4v) is 5.80. The lowest BCUT2D eigenvalue weighted by atomic mass is 10.1. The smallest absolute Gasteiger partial charge is 0.293 e. The van der Waals surface area contributed by atoms with Gasteiger partial charge < -0.3 is 9.80 Å². The van der Waals surface area contributed by atoms with Gasteiger partial charge in [0, 0.05) is 50.9 Å². The van der Waals surface area contributed by atoms with Crippen LogP contribution in [-0.4, -0.2) is 64.9 Å². The largest absolute Gasteiger partial charge is 0.366 e. The average molecular weight is 466 g/mol. The van der Waals surface area contributed by atoms with Crippen LogP contribution in [0.15, 0.2) is 42.5 Å². The van der Waals surface area contributed by atoms with Crippen molar-refractivity contribution in [2.24, 2.45) is 0 Å². The molecule has 9 heteroatoms. The number of benzene rings is 2. The highest BCUT2D eigenvalue weighted by molar-refractivity contribution is 7.18. The van der Waals surface area contributed by atoms with E-state index in [1.54, 1.807) is 28.4 Å². The lowest BCUT2D eigenvalue weighted by molar-refractivity contribution is -0.384. The molecule has 0 unspecified atom stereocenters. The number of aromatic nitrogens is 1. The van der Waals surface area contributed by atoms with Crippen molar-refractivity contribution < 1.29 is 9.72 Å². The topological polar surface area (TPSA) is 82.8 Å². The Morgan fingerprint density at radius 2 is 1.79 bits per heavy atom. The van der Waals surface area contributed by atoms with Crippen LogP contribution in [0.5, 0.6) is 0 Å². The molecule has 2 aliphatic heterocycles. The summed E-state index contributed by atoms with van der Waals surface area (Å²) in [6.07, 6.45) is 2.08. The lowest BCUT2D eigenvalue weighted by Gasteiger charge is -2.37. The second-order valence-electron chi connectivity index (χ2n) is 8.68. The van der Waals surface area contributed by atoms with Crippen LogP contribution in [0.3, 0.4) is 0 Å². The highest BCUT2D eigenvalue weighted by atomic mass is 32.1. The molecule has 2 fully saturated rings. The van der Waals surface area contributed by atoms with Crippen molar-refractivity contribution in [3.05, 3.63) is 63.1 Å². The predicted molar refractivity (Wildman–Crippen MR) is 130 cm³/mol. The Hall–Kier alpha value is -3.04. The zero-order valence-electron chi connectivity index (χ0n) is 18.6. The summed E-state index contributed by atoms with van der Waals surface area (Å²) in [5.74, 6) is -0.140. The first-order chi connectivity index (χ1) is 16.0. The Balaban J connectivity index is 1.26. The fourth-order valence-electron chi connectivity index (χ4n) is 4.75. The van der Waals surface area contributed by atoms with Crippen molar-refractivity contribution in [1.29, 1.82) is 0 Å². The Morgan fingerprint density at radius 1 is 1.06 bits per heavy atom.